The molecule has 1 aromatic rings. The van der Waals surface area contributed by atoms with Crippen LogP contribution in [0.2, 0.25) is 0 Å². The van der Waals surface area contributed by atoms with Gasteiger partial charge in [0.25, 0.3) is 0 Å². The van der Waals surface area contributed by atoms with Crippen molar-refractivity contribution in [3.05, 3.63) is 42.0 Å². The number of carboxylic acids is 1. The highest BCUT2D eigenvalue weighted by molar-refractivity contribution is 5.95. The topological polar surface area (TPSA) is 57.6 Å². The summed E-state index contributed by atoms with van der Waals surface area (Å²) in [7, 11) is 0. The van der Waals surface area contributed by atoms with Gasteiger partial charge >= 0.3 is 5.97 Å². The quantitative estimate of drug-likeness (QED) is 0.828. The summed E-state index contributed by atoms with van der Waals surface area (Å²) in [5, 5.41) is 8.57. The predicted molar refractivity (Wildman–Crippen MR) is 68.5 cm³/mol. The molecule has 4 heteroatoms. The SMILES string of the molecule is O=C(O)C=CCN1C(=O)CCCc2ccccc21. The van der Waals surface area contributed by atoms with E-state index in [9.17, 15) is 9.59 Å². The minimum Gasteiger partial charge on any atom is -0.478 e. The van der Waals surface area contributed by atoms with Crippen LogP contribution in [0.15, 0.2) is 36.4 Å². The average molecular weight is 245 g/mol. The van der Waals surface area contributed by atoms with Gasteiger partial charge < -0.3 is 10.0 Å². The molecule has 94 valence electrons. The molecule has 1 aliphatic rings. The van der Waals surface area contributed by atoms with Gasteiger partial charge in [0.05, 0.1) is 0 Å². The van der Waals surface area contributed by atoms with E-state index in [1.807, 2.05) is 24.3 Å². The second-order valence-corrected chi connectivity index (χ2v) is 4.23. The van der Waals surface area contributed by atoms with Gasteiger partial charge in [0.2, 0.25) is 5.91 Å². The standard InChI is InChI=1S/C14H15NO3/c16-13-8-3-6-11-5-1-2-7-12(11)15(13)10-4-9-14(17)18/h1-2,4-5,7,9H,3,6,8,10H2,(H,17,18). The van der Waals surface area contributed by atoms with Crippen molar-refractivity contribution in [1.29, 1.82) is 0 Å². The van der Waals surface area contributed by atoms with Crippen molar-refractivity contribution in [2.24, 2.45) is 0 Å². The van der Waals surface area contributed by atoms with Crippen LogP contribution in [0.1, 0.15) is 18.4 Å². The maximum absolute atomic E-state index is 12.0. The number of nitrogens with zero attached hydrogens (tertiary/aromatic N) is 1. The summed E-state index contributed by atoms with van der Waals surface area (Å²) in [5.74, 6) is -0.944. The lowest BCUT2D eigenvalue weighted by molar-refractivity contribution is -0.131. The summed E-state index contributed by atoms with van der Waals surface area (Å²) in [4.78, 5) is 24.1. The molecule has 0 aliphatic carbocycles. The van der Waals surface area contributed by atoms with Gasteiger partial charge in [-0.15, -0.1) is 0 Å². The van der Waals surface area contributed by atoms with Crippen LogP contribution in [0.5, 0.6) is 0 Å². The molecule has 0 radical (unpaired) electrons. The zero-order chi connectivity index (χ0) is 13.0. The molecule has 0 fully saturated rings. The van der Waals surface area contributed by atoms with Gasteiger partial charge in [-0.1, -0.05) is 24.3 Å². The van der Waals surface area contributed by atoms with Crippen molar-refractivity contribution in [2.75, 3.05) is 11.4 Å². The molecule has 0 atom stereocenters. The van der Waals surface area contributed by atoms with E-state index in [2.05, 4.69) is 0 Å². The Kier molecular flexibility index (Phi) is 3.77. The first-order chi connectivity index (χ1) is 8.68. The average Bonchev–Trinajstić information content (AvgIpc) is 2.49. The number of carbonyl (C=O) groups is 2. The summed E-state index contributed by atoms with van der Waals surface area (Å²) in [5.41, 5.74) is 2.04. The van der Waals surface area contributed by atoms with Gasteiger partial charge in [0.1, 0.15) is 0 Å². The molecule has 2 rings (SSSR count). The first kappa shape index (κ1) is 12.4. The number of carbonyl (C=O) groups excluding carboxylic acids is 1. The molecule has 0 spiro atoms. The first-order valence-corrected chi connectivity index (χ1v) is 5.96. The third kappa shape index (κ3) is 2.77. The van der Waals surface area contributed by atoms with Crippen LogP contribution in [-0.4, -0.2) is 23.5 Å². The summed E-state index contributed by atoms with van der Waals surface area (Å²) in [6.07, 6.45) is 4.81. The molecule has 1 amide bonds. The number of carboxylic acid groups (broad SMARTS) is 1. The fraction of sp³-hybridized carbons (Fsp3) is 0.286. The molecule has 0 saturated carbocycles. The monoisotopic (exact) mass is 245 g/mol. The van der Waals surface area contributed by atoms with Gasteiger partial charge in [-0.3, -0.25) is 4.79 Å². The number of para-hydroxylation sites is 1. The van der Waals surface area contributed by atoms with E-state index >= 15 is 0 Å². The number of aryl methyl sites for hydroxylation is 1. The van der Waals surface area contributed by atoms with Crippen LogP contribution in [-0.2, 0) is 16.0 Å². The fourth-order valence-electron chi connectivity index (χ4n) is 2.14. The Morgan fingerprint density at radius 2 is 2.11 bits per heavy atom. The molecule has 1 heterocycles. The van der Waals surface area contributed by atoms with Crippen LogP contribution in [0.4, 0.5) is 5.69 Å². The van der Waals surface area contributed by atoms with Crippen LogP contribution in [0.3, 0.4) is 0 Å². The van der Waals surface area contributed by atoms with Crippen LogP contribution < -0.4 is 4.90 Å². The smallest absolute Gasteiger partial charge is 0.328 e. The molecular formula is C14H15NO3. The highest BCUT2D eigenvalue weighted by Gasteiger charge is 2.20. The lowest BCUT2D eigenvalue weighted by Crippen LogP contribution is -2.30. The van der Waals surface area contributed by atoms with Crippen molar-refractivity contribution in [2.45, 2.75) is 19.3 Å². The van der Waals surface area contributed by atoms with E-state index in [-0.39, 0.29) is 5.91 Å². The van der Waals surface area contributed by atoms with E-state index in [0.29, 0.717) is 13.0 Å². The number of hydrogen-bond acceptors (Lipinski definition) is 2. The summed E-state index contributed by atoms with van der Waals surface area (Å²) in [6, 6.07) is 7.78. The van der Waals surface area contributed by atoms with Crippen molar-refractivity contribution >= 4 is 17.6 Å². The zero-order valence-electron chi connectivity index (χ0n) is 10.0. The third-order valence-corrected chi connectivity index (χ3v) is 2.97. The van der Waals surface area contributed by atoms with E-state index in [4.69, 9.17) is 5.11 Å². The number of hydrogen-bond donors (Lipinski definition) is 1. The molecule has 0 bridgehead atoms. The Labute approximate surface area is 106 Å². The Bertz CT molecular complexity index is 494. The number of benzene rings is 1. The van der Waals surface area contributed by atoms with E-state index in [1.165, 1.54) is 6.08 Å². The lowest BCUT2D eigenvalue weighted by atomic mass is 10.1. The van der Waals surface area contributed by atoms with Gasteiger partial charge in [0.15, 0.2) is 0 Å². The number of anilines is 1. The molecule has 0 saturated heterocycles. The first-order valence-electron chi connectivity index (χ1n) is 5.96. The van der Waals surface area contributed by atoms with Gasteiger partial charge in [-0.05, 0) is 24.5 Å². The largest absolute Gasteiger partial charge is 0.478 e. The summed E-state index contributed by atoms with van der Waals surface area (Å²) in [6.45, 7) is 0.308. The van der Waals surface area contributed by atoms with Gasteiger partial charge in [0, 0.05) is 24.7 Å². The highest BCUT2D eigenvalue weighted by Crippen LogP contribution is 2.26. The van der Waals surface area contributed by atoms with Crippen molar-refractivity contribution in [1.82, 2.24) is 0 Å². The number of fused-ring (bicyclic) bond motifs is 1. The molecule has 0 aromatic heterocycles. The van der Waals surface area contributed by atoms with E-state index in [0.717, 1.165) is 30.2 Å². The maximum Gasteiger partial charge on any atom is 0.328 e. The molecule has 0 unspecified atom stereocenters. The van der Waals surface area contributed by atoms with Gasteiger partial charge in [-0.2, -0.15) is 0 Å². The molecule has 18 heavy (non-hydrogen) atoms. The molecule has 1 aliphatic heterocycles. The minimum atomic E-state index is -0.995. The van der Waals surface area contributed by atoms with Gasteiger partial charge in [-0.25, -0.2) is 4.79 Å². The summed E-state index contributed by atoms with van der Waals surface area (Å²) >= 11 is 0. The number of aliphatic carboxylic acids is 1. The second kappa shape index (κ2) is 5.49. The van der Waals surface area contributed by atoms with Crippen LogP contribution in [0, 0.1) is 0 Å². The maximum atomic E-state index is 12.0. The van der Waals surface area contributed by atoms with E-state index in [1.54, 1.807) is 4.90 Å². The lowest BCUT2D eigenvalue weighted by Gasteiger charge is -2.21. The summed E-state index contributed by atoms with van der Waals surface area (Å²) < 4.78 is 0. The van der Waals surface area contributed by atoms with Crippen molar-refractivity contribution in [3.63, 3.8) is 0 Å². The molecular weight excluding hydrogens is 230 g/mol. The molecule has 4 nitrogen and oxygen atoms in total. The molecule has 1 aromatic carbocycles. The zero-order valence-corrected chi connectivity index (χ0v) is 10.0. The van der Waals surface area contributed by atoms with Crippen molar-refractivity contribution < 1.29 is 14.7 Å². The predicted octanol–water partition coefficient (Wildman–Crippen LogP) is 2.00. The van der Waals surface area contributed by atoms with Crippen LogP contribution >= 0.6 is 0 Å². The minimum absolute atomic E-state index is 0.0509. The van der Waals surface area contributed by atoms with Crippen molar-refractivity contribution in [3.8, 4) is 0 Å². The number of rotatable bonds is 3. The third-order valence-electron chi connectivity index (χ3n) is 2.97. The number of amides is 1. The Morgan fingerprint density at radius 3 is 2.89 bits per heavy atom. The van der Waals surface area contributed by atoms with Crippen LogP contribution in [0.25, 0.3) is 0 Å². The Hall–Kier alpha value is -2.10. The Morgan fingerprint density at radius 1 is 1.33 bits per heavy atom. The second-order valence-electron chi connectivity index (χ2n) is 4.23. The Balaban J connectivity index is 2.25. The molecule has 1 N–H and O–H groups in total. The normalized spacial score (nSPS) is 15.6. The fourth-order valence-corrected chi connectivity index (χ4v) is 2.14. The highest BCUT2D eigenvalue weighted by atomic mass is 16.4. The van der Waals surface area contributed by atoms with E-state index < -0.39 is 5.97 Å².